The lowest BCUT2D eigenvalue weighted by atomic mass is 10.1. The summed E-state index contributed by atoms with van der Waals surface area (Å²) < 4.78 is 30.2. The van der Waals surface area contributed by atoms with Crippen LogP contribution in [0.15, 0.2) is 35.4 Å². The van der Waals surface area contributed by atoms with E-state index < -0.39 is 10.0 Å². The summed E-state index contributed by atoms with van der Waals surface area (Å²) in [5.74, 6) is 0.947. The lowest BCUT2D eigenvalue weighted by Crippen LogP contribution is -2.44. The van der Waals surface area contributed by atoms with Gasteiger partial charge in [0, 0.05) is 43.5 Å². The van der Waals surface area contributed by atoms with E-state index in [0.29, 0.717) is 5.65 Å². The number of anilines is 1. The number of piperidine rings is 1. The van der Waals surface area contributed by atoms with Crippen molar-refractivity contribution in [3.8, 4) is 0 Å². The summed E-state index contributed by atoms with van der Waals surface area (Å²) in [7, 11) is -1.83. The van der Waals surface area contributed by atoms with Crippen LogP contribution in [0.25, 0.3) is 11.0 Å². The molecule has 3 aromatic rings. The number of nitrogens with zero attached hydrogens (tertiary/aromatic N) is 5. The second-order valence-corrected chi connectivity index (χ2v) is 8.98. The predicted octanol–water partition coefficient (Wildman–Crippen LogP) is 1.93. The van der Waals surface area contributed by atoms with Crippen LogP contribution in [-0.4, -0.2) is 47.3 Å². The highest BCUT2D eigenvalue weighted by Crippen LogP contribution is 2.22. The molecular weight excluding hydrogens is 376 g/mol. The Morgan fingerprint density at radius 3 is 2.64 bits per heavy atom. The van der Waals surface area contributed by atoms with Gasteiger partial charge in [0.2, 0.25) is 10.0 Å². The molecule has 4 rings (SSSR count). The lowest BCUT2D eigenvalue weighted by Gasteiger charge is -2.33. The molecule has 148 valence electrons. The Bertz CT molecular complexity index is 1120. The Morgan fingerprint density at radius 1 is 1.18 bits per heavy atom. The van der Waals surface area contributed by atoms with Crippen LogP contribution in [-0.2, 0) is 17.1 Å². The summed E-state index contributed by atoms with van der Waals surface area (Å²) in [6.07, 6.45) is 2.87. The molecule has 1 aliphatic heterocycles. The first-order valence-corrected chi connectivity index (χ1v) is 10.8. The average molecular weight is 401 g/mol. The van der Waals surface area contributed by atoms with Crippen LogP contribution in [0.5, 0.6) is 0 Å². The molecule has 0 aliphatic carbocycles. The monoisotopic (exact) mass is 400 g/mol. The highest BCUT2D eigenvalue weighted by molar-refractivity contribution is 7.89. The van der Waals surface area contributed by atoms with Crippen LogP contribution in [0.1, 0.15) is 24.2 Å². The summed E-state index contributed by atoms with van der Waals surface area (Å²) >= 11 is 0. The first-order valence-electron chi connectivity index (χ1n) is 9.34. The van der Waals surface area contributed by atoms with Crippen molar-refractivity contribution in [1.82, 2.24) is 24.5 Å². The highest BCUT2D eigenvalue weighted by Gasteiger charge is 2.26. The molecule has 1 N–H and O–H groups in total. The molecule has 28 heavy (non-hydrogen) atoms. The maximum Gasteiger partial charge on any atom is 0.242 e. The van der Waals surface area contributed by atoms with E-state index in [1.165, 1.54) is 6.20 Å². The molecule has 4 heterocycles. The van der Waals surface area contributed by atoms with Crippen molar-refractivity contribution in [2.75, 3.05) is 18.0 Å². The molecule has 8 nitrogen and oxygen atoms in total. The smallest absolute Gasteiger partial charge is 0.242 e. The summed E-state index contributed by atoms with van der Waals surface area (Å²) in [5, 5.41) is 5.06. The van der Waals surface area contributed by atoms with E-state index in [1.807, 2.05) is 32.0 Å². The van der Waals surface area contributed by atoms with Gasteiger partial charge in [0.25, 0.3) is 0 Å². The Labute approximate surface area is 164 Å². The normalized spacial score (nSPS) is 16.0. The summed E-state index contributed by atoms with van der Waals surface area (Å²) in [6.45, 7) is 5.35. The average Bonchev–Trinajstić information content (AvgIpc) is 2.96. The first kappa shape index (κ1) is 18.8. The van der Waals surface area contributed by atoms with Gasteiger partial charge in [-0.15, -0.1) is 0 Å². The standard InChI is InChI=1S/C19H24N6O2S/c1-13-5-4-6-18(21-13)25-9-7-15(8-10-25)23-28(26,27)16-11-17-14(2)22-24(3)19(17)20-12-16/h4-6,11-12,15,23H,7-10H2,1-3H3. The maximum absolute atomic E-state index is 12.9. The molecule has 1 aliphatic rings. The first-order chi connectivity index (χ1) is 13.3. The Hall–Kier alpha value is -2.52. The second kappa shape index (κ2) is 7.14. The topological polar surface area (TPSA) is 93.0 Å². The summed E-state index contributed by atoms with van der Waals surface area (Å²) in [4.78, 5) is 11.2. The van der Waals surface area contributed by atoms with Gasteiger partial charge in [0.1, 0.15) is 10.7 Å². The SMILES string of the molecule is Cc1cccc(N2CCC(NS(=O)(=O)c3cnc4c(c3)c(C)nn4C)CC2)n1. The Balaban J connectivity index is 1.46. The quantitative estimate of drug-likeness (QED) is 0.719. The van der Waals surface area contributed by atoms with Crippen molar-refractivity contribution < 1.29 is 8.42 Å². The molecule has 0 saturated carbocycles. The molecule has 0 bridgehead atoms. The van der Waals surface area contributed by atoms with Crippen LogP contribution in [0.3, 0.4) is 0 Å². The Kier molecular flexibility index (Phi) is 4.80. The molecule has 1 saturated heterocycles. The van der Waals surface area contributed by atoms with Gasteiger partial charge < -0.3 is 4.90 Å². The second-order valence-electron chi connectivity index (χ2n) is 7.27. The third kappa shape index (κ3) is 3.59. The van der Waals surface area contributed by atoms with Crippen molar-refractivity contribution in [1.29, 1.82) is 0 Å². The van der Waals surface area contributed by atoms with Crippen LogP contribution in [0, 0.1) is 13.8 Å². The molecule has 0 aromatic carbocycles. The fourth-order valence-corrected chi connectivity index (χ4v) is 4.93. The van der Waals surface area contributed by atoms with Gasteiger partial charge in [-0.3, -0.25) is 4.68 Å². The van der Waals surface area contributed by atoms with Gasteiger partial charge >= 0.3 is 0 Å². The maximum atomic E-state index is 12.9. The highest BCUT2D eigenvalue weighted by atomic mass is 32.2. The van der Waals surface area contributed by atoms with Crippen molar-refractivity contribution in [3.63, 3.8) is 0 Å². The van der Waals surface area contributed by atoms with Gasteiger partial charge in [0.15, 0.2) is 5.65 Å². The van der Waals surface area contributed by atoms with Crippen LogP contribution in [0.2, 0.25) is 0 Å². The van der Waals surface area contributed by atoms with Crippen molar-refractivity contribution >= 4 is 26.9 Å². The van der Waals surface area contributed by atoms with E-state index in [9.17, 15) is 8.42 Å². The van der Waals surface area contributed by atoms with E-state index in [2.05, 4.69) is 24.7 Å². The number of rotatable bonds is 4. The summed E-state index contributed by atoms with van der Waals surface area (Å²) in [5.41, 5.74) is 2.42. The minimum Gasteiger partial charge on any atom is -0.356 e. The fraction of sp³-hybridized carbons (Fsp3) is 0.421. The van der Waals surface area contributed by atoms with Crippen LogP contribution < -0.4 is 9.62 Å². The van der Waals surface area contributed by atoms with Gasteiger partial charge in [-0.05, 0) is 44.9 Å². The van der Waals surface area contributed by atoms with Gasteiger partial charge in [-0.2, -0.15) is 5.10 Å². The minimum absolute atomic E-state index is 0.100. The van der Waals surface area contributed by atoms with Crippen molar-refractivity contribution in [2.24, 2.45) is 7.05 Å². The Morgan fingerprint density at radius 2 is 1.93 bits per heavy atom. The molecule has 9 heteroatoms. The van der Waals surface area contributed by atoms with E-state index in [-0.39, 0.29) is 10.9 Å². The molecule has 0 amide bonds. The molecule has 0 atom stereocenters. The molecular formula is C19H24N6O2S. The fourth-order valence-electron chi connectivity index (χ4n) is 3.65. The van der Waals surface area contributed by atoms with E-state index in [4.69, 9.17) is 0 Å². The number of hydrogen-bond donors (Lipinski definition) is 1. The number of sulfonamides is 1. The summed E-state index contributed by atoms with van der Waals surface area (Å²) in [6, 6.07) is 7.51. The van der Waals surface area contributed by atoms with Gasteiger partial charge in [-0.1, -0.05) is 6.07 Å². The zero-order valence-electron chi connectivity index (χ0n) is 16.3. The van der Waals surface area contributed by atoms with E-state index in [0.717, 1.165) is 48.5 Å². The molecule has 0 unspecified atom stereocenters. The van der Waals surface area contributed by atoms with Crippen LogP contribution in [0.4, 0.5) is 5.82 Å². The zero-order chi connectivity index (χ0) is 19.9. The third-order valence-electron chi connectivity index (χ3n) is 5.16. The number of hydrogen-bond acceptors (Lipinski definition) is 6. The van der Waals surface area contributed by atoms with E-state index >= 15 is 0 Å². The minimum atomic E-state index is -3.63. The molecule has 3 aromatic heterocycles. The van der Waals surface area contributed by atoms with Gasteiger partial charge in [-0.25, -0.2) is 23.1 Å². The van der Waals surface area contributed by atoms with E-state index in [1.54, 1.807) is 17.8 Å². The number of fused-ring (bicyclic) bond motifs is 1. The number of aryl methyl sites for hydroxylation is 3. The van der Waals surface area contributed by atoms with Crippen LogP contribution >= 0.6 is 0 Å². The zero-order valence-corrected chi connectivity index (χ0v) is 17.1. The number of nitrogens with one attached hydrogen (secondary N) is 1. The molecule has 0 spiro atoms. The van der Waals surface area contributed by atoms with Crippen molar-refractivity contribution in [3.05, 3.63) is 41.9 Å². The molecule has 0 radical (unpaired) electrons. The number of pyridine rings is 2. The lowest BCUT2D eigenvalue weighted by molar-refractivity contribution is 0.458. The van der Waals surface area contributed by atoms with Crippen molar-refractivity contribution in [2.45, 2.75) is 37.6 Å². The van der Waals surface area contributed by atoms with Gasteiger partial charge in [0.05, 0.1) is 5.69 Å². The predicted molar refractivity (Wildman–Crippen MR) is 108 cm³/mol. The molecule has 1 fully saturated rings. The third-order valence-corrected chi connectivity index (χ3v) is 6.65. The number of aromatic nitrogens is 4. The largest absolute Gasteiger partial charge is 0.356 e.